The Morgan fingerprint density at radius 3 is 2.56 bits per heavy atom. The molecule has 1 rings (SSSR count). The van der Waals surface area contributed by atoms with Gasteiger partial charge in [-0.25, -0.2) is 4.98 Å². The molecule has 1 heterocycles. The normalized spacial score (nSPS) is 11.3. The van der Waals surface area contributed by atoms with Crippen LogP contribution in [0.4, 0.5) is 13.2 Å². The Labute approximate surface area is 106 Å². The van der Waals surface area contributed by atoms with Gasteiger partial charge in [0.25, 0.3) is 5.24 Å². The van der Waals surface area contributed by atoms with Crippen LogP contribution in [0.5, 0.6) is 11.6 Å². The van der Waals surface area contributed by atoms with E-state index >= 15 is 0 Å². The highest BCUT2D eigenvalue weighted by molar-refractivity contribution is 14.1. The van der Waals surface area contributed by atoms with E-state index in [4.69, 9.17) is 11.6 Å². The summed E-state index contributed by atoms with van der Waals surface area (Å²) in [6.07, 6.45) is -4.93. The smallest absolute Gasteiger partial charge is 0.504 e. The minimum absolute atomic E-state index is 0.0316. The van der Waals surface area contributed by atoms with Crippen molar-refractivity contribution in [2.24, 2.45) is 0 Å². The maximum atomic E-state index is 11.9. The van der Waals surface area contributed by atoms with Gasteiger partial charge in [-0.15, -0.1) is 13.2 Å². The standard InChI is InChI=1S/C7H2ClF3INO3/c8-6(15)4-5(14)2(12)1-3(13-4)16-7(9,10)11/h1,14H. The molecule has 0 radical (unpaired) electrons. The Morgan fingerprint density at radius 2 is 2.12 bits per heavy atom. The van der Waals surface area contributed by atoms with Crippen LogP contribution in [0.15, 0.2) is 6.07 Å². The van der Waals surface area contributed by atoms with Crippen LogP contribution in [-0.4, -0.2) is 21.7 Å². The van der Waals surface area contributed by atoms with Crippen LogP contribution in [0.2, 0.25) is 0 Å². The van der Waals surface area contributed by atoms with E-state index in [2.05, 4.69) is 9.72 Å². The van der Waals surface area contributed by atoms with Crippen molar-refractivity contribution < 1.29 is 27.8 Å². The molecule has 0 aromatic carbocycles. The van der Waals surface area contributed by atoms with Gasteiger partial charge >= 0.3 is 6.36 Å². The highest BCUT2D eigenvalue weighted by atomic mass is 127. The first-order chi connectivity index (χ1) is 7.20. The zero-order valence-electron chi connectivity index (χ0n) is 7.18. The topological polar surface area (TPSA) is 59.4 Å². The van der Waals surface area contributed by atoms with Crippen LogP contribution in [0.25, 0.3) is 0 Å². The van der Waals surface area contributed by atoms with Crippen molar-refractivity contribution in [1.29, 1.82) is 0 Å². The second-order valence-electron chi connectivity index (χ2n) is 2.46. The third-order valence-electron chi connectivity index (χ3n) is 1.33. The Morgan fingerprint density at radius 1 is 1.56 bits per heavy atom. The van der Waals surface area contributed by atoms with Crippen LogP contribution >= 0.6 is 34.2 Å². The number of hydrogen-bond donors (Lipinski definition) is 1. The molecule has 0 unspecified atom stereocenters. The third kappa shape index (κ3) is 3.37. The lowest BCUT2D eigenvalue weighted by Crippen LogP contribution is -2.18. The molecule has 9 heteroatoms. The van der Waals surface area contributed by atoms with Crippen molar-refractivity contribution in [1.82, 2.24) is 4.98 Å². The molecule has 0 amide bonds. The molecular formula is C7H2ClF3INO3. The van der Waals surface area contributed by atoms with E-state index in [1.807, 2.05) is 0 Å². The van der Waals surface area contributed by atoms with Crippen LogP contribution < -0.4 is 4.74 Å². The van der Waals surface area contributed by atoms with Crippen LogP contribution in [-0.2, 0) is 0 Å². The highest BCUT2D eigenvalue weighted by Gasteiger charge is 2.32. The lowest BCUT2D eigenvalue weighted by atomic mass is 10.3. The van der Waals surface area contributed by atoms with E-state index in [-0.39, 0.29) is 3.57 Å². The van der Waals surface area contributed by atoms with Crippen molar-refractivity contribution in [3.63, 3.8) is 0 Å². The summed E-state index contributed by atoms with van der Waals surface area (Å²) >= 11 is 6.53. The number of carbonyl (C=O) groups is 1. The molecule has 1 aromatic rings. The van der Waals surface area contributed by atoms with Crippen molar-refractivity contribution >= 4 is 39.4 Å². The summed E-state index contributed by atoms with van der Waals surface area (Å²) < 4.78 is 39.0. The molecule has 88 valence electrons. The number of ether oxygens (including phenoxy) is 1. The molecule has 0 saturated heterocycles. The molecule has 1 N–H and O–H groups in total. The zero-order valence-corrected chi connectivity index (χ0v) is 10.1. The van der Waals surface area contributed by atoms with Crippen LogP contribution in [0.3, 0.4) is 0 Å². The first kappa shape index (κ1) is 13.3. The Bertz CT molecular complexity index is 438. The fourth-order valence-corrected chi connectivity index (χ4v) is 1.45. The van der Waals surface area contributed by atoms with E-state index in [0.717, 1.165) is 6.07 Å². The van der Waals surface area contributed by atoms with Crippen molar-refractivity contribution in [3.05, 3.63) is 15.3 Å². The van der Waals surface area contributed by atoms with Gasteiger partial charge in [0.1, 0.15) is 0 Å². The predicted octanol–water partition coefficient (Wildman–Crippen LogP) is 2.67. The summed E-state index contributed by atoms with van der Waals surface area (Å²) in [5, 5.41) is 8.10. The number of halogens is 5. The monoisotopic (exact) mass is 367 g/mol. The second-order valence-corrected chi connectivity index (χ2v) is 3.97. The number of carbonyl (C=O) groups excluding carboxylic acids is 1. The summed E-state index contributed by atoms with van der Waals surface area (Å²) in [6, 6.07) is 0.826. The lowest BCUT2D eigenvalue weighted by molar-refractivity contribution is -0.276. The minimum Gasteiger partial charge on any atom is -0.504 e. The maximum absolute atomic E-state index is 11.9. The van der Waals surface area contributed by atoms with E-state index in [0.29, 0.717) is 0 Å². The average Bonchev–Trinajstić information content (AvgIpc) is 2.07. The van der Waals surface area contributed by atoms with Crippen LogP contribution in [0.1, 0.15) is 10.5 Å². The van der Waals surface area contributed by atoms with E-state index in [1.54, 1.807) is 0 Å². The van der Waals surface area contributed by atoms with Gasteiger partial charge in [-0.05, 0) is 34.2 Å². The lowest BCUT2D eigenvalue weighted by Gasteiger charge is -2.09. The Hall–Kier alpha value is -0.770. The average molecular weight is 367 g/mol. The summed E-state index contributed by atoms with van der Waals surface area (Å²) in [4.78, 5) is 13.9. The van der Waals surface area contributed by atoms with Crippen molar-refractivity contribution in [2.45, 2.75) is 6.36 Å². The van der Waals surface area contributed by atoms with Crippen molar-refractivity contribution in [2.75, 3.05) is 0 Å². The molecule has 0 aliphatic rings. The van der Waals surface area contributed by atoms with E-state index < -0.39 is 28.9 Å². The molecule has 0 bridgehead atoms. The van der Waals surface area contributed by atoms with Gasteiger partial charge in [0.05, 0.1) is 3.57 Å². The van der Waals surface area contributed by atoms with E-state index in [9.17, 15) is 23.1 Å². The fourth-order valence-electron chi connectivity index (χ4n) is 0.793. The van der Waals surface area contributed by atoms with Gasteiger partial charge < -0.3 is 9.84 Å². The second kappa shape index (κ2) is 4.62. The van der Waals surface area contributed by atoms with Crippen molar-refractivity contribution in [3.8, 4) is 11.6 Å². The Kier molecular flexibility index (Phi) is 3.84. The number of aromatic hydroxyl groups is 1. The number of pyridine rings is 1. The summed E-state index contributed by atoms with van der Waals surface area (Å²) in [5.41, 5.74) is -0.687. The first-order valence-corrected chi connectivity index (χ1v) is 5.01. The molecule has 0 fully saturated rings. The van der Waals surface area contributed by atoms with Gasteiger partial charge in [-0.1, -0.05) is 0 Å². The van der Waals surface area contributed by atoms with Gasteiger partial charge in [0.2, 0.25) is 5.88 Å². The SMILES string of the molecule is O=C(Cl)c1nc(OC(F)(F)F)cc(I)c1O. The molecule has 0 spiro atoms. The highest BCUT2D eigenvalue weighted by Crippen LogP contribution is 2.30. The number of rotatable bonds is 2. The largest absolute Gasteiger partial charge is 0.574 e. The number of hydrogen-bond acceptors (Lipinski definition) is 4. The summed E-state index contributed by atoms with van der Waals surface area (Å²) in [6.45, 7) is 0. The van der Waals surface area contributed by atoms with Gasteiger partial charge in [-0.3, -0.25) is 4.79 Å². The number of nitrogens with zero attached hydrogens (tertiary/aromatic N) is 1. The van der Waals surface area contributed by atoms with Gasteiger partial charge in [0, 0.05) is 6.07 Å². The molecule has 0 aliphatic heterocycles. The molecule has 0 aliphatic carbocycles. The van der Waals surface area contributed by atoms with Gasteiger partial charge in [-0.2, -0.15) is 0 Å². The van der Waals surface area contributed by atoms with Gasteiger partial charge in [0.15, 0.2) is 11.4 Å². The van der Waals surface area contributed by atoms with Crippen LogP contribution in [0, 0.1) is 3.57 Å². The maximum Gasteiger partial charge on any atom is 0.574 e. The predicted molar refractivity (Wildman–Crippen MR) is 55.5 cm³/mol. The minimum atomic E-state index is -4.93. The van der Waals surface area contributed by atoms with E-state index in [1.165, 1.54) is 22.6 Å². The quantitative estimate of drug-likeness (QED) is 0.645. The number of alkyl halides is 3. The molecule has 0 saturated carbocycles. The Balaban J connectivity index is 3.19. The molecule has 16 heavy (non-hydrogen) atoms. The molecular weight excluding hydrogens is 365 g/mol. The molecule has 4 nitrogen and oxygen atoms in total. The first-order valence-electron chi connectivity index (χ1n) is 3.56. The molecule has 1 aromatic heterocycles. The zero-order chi connectivity index (χ0) is 12.5. The fraction of sp³-hybridized carbons (Fsp3) is 0.143. The third-order valence-corrected chi connectivity index (χ3v) is 2.33. The summed E-state index contributed by atoms with van der Waals surface area (Å²) in [5.74, 6) is -1.45. The summed E-state index contributed by atoms with van der Waals surface area (Å²) in [7, 11) is 0. The number of aromatic nitrogens is 1. The molecule has 0 atom stereocenters.